The van der Waals surface area contributed by atoms with Crippen molar-refractivity contribution in [3.63, 3.8) is 0 Å². The molecular formula is C19H24ClN3O5S2. The van der Waals surface area contributed by atoms with Crippen molar-refractivity contribution in [3.8, 4) is 0 Å². The first-order chi connectivity index (χ1) is 14.3. The summed E-state index contributed by atoms with van der Waals surface area (Å²) in [6.45, 7) is 1.93. The first kappa shape index (κ1) is 22.1. The molecule has 164 valence electrons. The van der Waals surface area contributed by atoms with E-state index in [1.165, 1.54) is 24.0 Å². The van der Waals surface area contributed by atoms with Crippen LogP contribution in [0, 0.1) is 12.8 Å². The Morgan fingerprint density at radius 2 is 1.97 bits per heavy atom. The van der Waals surface area contributed by atoms with Crippen molar-refractivity contribution in [1.29, 1.82) is 0 Å². The molecule has 30 heavy (non-hydrogen) atoms. The molecule has 0 spiro atoms. The molecule has 5 atom stereocenters. The number of anilines is 1. The van der Waals surface area contributed by atoms with E-state index in [9.17, 15) is 20.1 Å². The SMILES string of the molecule is Cc1nc(Cl)sc1C(=O)c1cnc(NCC2OC(CC3CCC3)C(O)C(O)C2O)s1. The Labute approximate surface area is 186 Å². The molecule has 0 aromatic carbocycles. The Kier molecular flexibility index (Phi) is 6.73. The molecule has 2 aromatic rings. The number of nitrogens with one attached hydrogen (secondary N) is 1. The molecule has 4 rings (SSSR count). The number of aliphatic hydroxyl groups excluding tert-OH is 3. The topological polar surface area (TPSA) is 125 Å². The third kappa shape index (κ3) is 4.55. The van der Waals surface area contributed by atoms with E-state index in [4.69, 9.17) is 16.3 Å². The van der Waals surface area contributed by atoms with Gasteiger partial charge in [0.25, 0.3) is 0 Å². The lowest BCUT2D eigenvalue weighted by Crippen LogP contribution is -2.59. The predicted molar refractivity (Wildman–Crippen MR) is 115 cm³/mol. The number of ketones is 1. The van der Waals surface area contributed by atoms with E-state index in [0.29, 0.717) is 37.4 Å². The number of carbonyl (C=O) groups excluding carboxylic acids is 1. The summed E-state index contributed by atoms with van der Waals surface area (Å²) >= 11 is 8.20. The number of thiazole rings is 2. The molecule has 1 saturated carbocycles. The fraction of sp³-hybridized carbons (Fsp3) is 0.632. The van der Waals surface area contributed by atoms with E-state index in [-0.39, 0.29) is 12.3 Å². The van der Waals surface area contributed by atoms with Crippen LogP contribution in [0.1, 0.15) is 45.9 Å². The maximum atomic E-state index is 12.6. The Morgan fingerprint density at radius 3 is 2.60 bits per heavy atom. The summed E-state index contributed by atoms with van der Waals surface area (Å²) in [5.74, 6) is 0.312. The first-order valence-electron chi connectivity index (χ1n) is 9.90. The van der Waals surface area contributed by atoms with Crippen molar-refractivity contribution in [3.05, 3.63) is 26.1 Å². The number of aromatic nitrogens is 2. The molecule has 5 unspecified atom stereocenters. The maximum absolute atomic E-state index is 12.6. The van der Waals surface area contributed by atoms with Gasteiger partial charge < -0.3 is 25.4 Å². The van der Waals surface area contributed by atoms with Gasteiger partial charge in [-0.1, -0.05) is 53.5 Å². The minimum atomic E-state index is -1.26. The number of carbonyl (C=O) groups is 1. The van der Waals surface area contributed by atoms with E-state index in [1.54, 1.807) is 6.92 Å². The van der Waals surface area contributed by atoms with Gasteiger partial charge in [-0.05, 0) is 19.3 Å². The second-order valence-electron chi connectivity index (χ2n) is 7.84. The van der Waals surface area contributed by atoms with Crippen molar-refractivity contribution in [1.82, 2.24) is 9.97 Å². The molecule has 1 aliphatic heterocycles. The summed E-state index contributed by atoms with van der Waals surface area (Å²) in [5.41, 5.74) is 0.585. The van der Waals surface area contributed by atoms with Crippen LogP contribution in [0.3, 0.4) is 0 Å². The summed E-state index contributed by atoms with van der Waals surface area (Å²) in [5, 5.41) is 34.4. The second-order valence-corrected chi connectivity index (χ2v) is 10.5. The Bertz CT molecular complexity index is 903. The van der Waals surface area contributed by atoms with E-state index < -0.39 is 30.5 Å². The molecule has 2 aliphatic rings. The third-order valence-electron chi connectivity index (χ3n) is 5.76. The van der Waals surface area contributed by atoms with Gasteiger partial charge >= 0.3 is 0 Å². The molecule has 4 N–H and O–H groups in total. The zero-order valence-electron chi connectivity index (χ0n) is 16.3. The van der Waals surface area contributed by atoms with Gasteiger partial charge in [-0.25, -0.2) is 9.97 Å². The Hall–Kier alpha value is -1.14. The zero-order valence-corrected chi connectivity index (χ0v) is 18.7. The van der Waals surface area contributed by atoms with Crippen LogP contribution in [0.4, 0.5) is 5.13 Å². The van der Waals surface area contributed by atoms with Crippen LogP contribution in [0.5, 0.6) is 0 Å². The highest BCUT2D eigenvalue weighted by molar-refractivity contribution is 7.20. The van der Waals surface area contributed by atoms with Crippen LogP contribution in [-0.4, -0.2) is 68.1 Å². The zero-order chi connectivity index (χ0) is 21.4. The van der Waals surface area contributed by atoms with Crippen LogP contribution in [-0.2, 0) is 4.74 Å². The fourth-order valence-electron chi connectivity index (χ4n) is 3.78. The van der Waals surface area contributed by atoms with Gasteiger partial charge in [-0.15, -0.1) is 0 Å². The molecule has 0 bridgehead atoms. The van der Waals surface area contributed by atoms with Gasteiger partial charge in [-0.3, -0.25) is 4.79 Å². The fourth-order valence-corrected chi connectivity index (χ4v) is 5.72. The van der Waals surface area contributed by atoms with Crippen LogP contribution >= 0.6 is 34.3 Å². The van der Waals surface area contributed by atoms with E-state index in [1.807, 2.05) is 0 Å². The van der Waals surface area contributed by atoms with Crippen molar-refractivity contribution < 1.29 is 24.9 Å². The molecule has 8 nitrogen and oxygen atoms in total. The number of halogens is 1. The summed E-state index contributed by atoms with van der Waals surface area (Å²) in [6.07, 6.45) is 0.774. The molecular weight excluding hydrogens is 450 g/mol. The van der Waals surface area contributed by atoms with Crippen LogP contribution < -0.4 is 5.32 Å². The normalized spacial score (nSPS) is 29.6. The van der Waals surface area contributed by atoms with Crippen molar-refractivity contribution in [2.24, 2.45) is 5.92 Å². The number of hydrogen-bond acceptors (Lipinski definition) is 10. The van der Waals surface area contributed by atoms with Gasteiger partial charge in [0.1, 0.15) is 29.3 Å². The quantitative estimate of drug-likeness (QED) is 0.451. The lowest BCUT2D eigenvalue weighted by molar-refractivity contribution is -0.223. The van der Waals surface area contributed by atoms with Gasteiger partial charge in [0.2, 0.25) is 5.78 Å². The van der Waals surface area contributed by atoms with Crippen molar-refractivity contribution in [2.75, 3.05) is 11.9 Å². The van der Waals surface area contributed by atoms with Crippen LogP contribution in [0.15, 0.2) is 6.20 Å². The smallest absolute Gasteiger partial charge is 0.216 e. The average molecular weight is 474 g/mol. The lowest BCUT2D eigenvalue weighted by atomic mass is 9.79. The predicted octanol–water partition coefficient (Wildman–Crippen LogP) is 2.24. The number of hydrogen-bond donors (Lipinski definition) is 4. The standard InChI is InChI=1S/C19H24ClN3O5S2/c1-8-17(30-18(20)23-8)15(26)12-7-22-19(29-12)21-6-11-14(25)16(27)13(24)10(28-11)5-9-3-2-4-9/h7,9-11,13-14,16,24-25,27H,2-6H2,1H3,(H,21,22). The average Bonchev–Trinajstić information content (AvgIpc) is 3.29. The third-order valence-corrected chi connectivity index (χ3v) is 7.98. The largest absolute Gasteiger partial charge is 0.388 e. The molecule has 0 amide bonds. The second kappa shape index (κ2) is 9.15. The molecule has 1 aliphatic carbocycles. The molecule has 0 radical (unpaired) electrons. The van der Waals surface area contributed by atoms with Gasteiger partial charge in [0.05, 0.1) is 22.9 Å². The first-order valence-corrected chi connectivity index (χ1v) is 11.9. The molecule has 1 saturated heterocycles. The summed E-state index contributed by atoms with van der Waals surface area (Å²) in [7, 11) is 0. The van der Waals surface area contributed by atoms with Crippen molar-refractivity contribution >= 4 is 45.2 Å². The Balaban J connectivity index is 1.37. The van der Waals surface area contributed by atoms with E-state index in [0.717, 1.165) is 24.2 Å². The molecule has 2 aromatic heterocycles. The number of aryl methyl sites for hydroxylation is 1. The summed E-state index contributed by atoms with van der Waals surface area (Å²) in [4.78, 5) is 21.9. The van der Waals surface area contributed by atoms with Crippen LogP contribution in [0.2, 0.25) is 4.47 Å². The lowest BCUT2D eigenvalue weighted by Gasteiger charge is -2.43. The highest BCUT2D eigenvalue weighted by Gasteiger charge is 2.44. The number of nitrogens with zero attached hydrogens (tertiary/aromatic N) is 2. The maximum Gasteiger partial charge on any atom is 0.216 e. The molecule has 3 heterocycles. The highest BCUT2D eigenvalue weighted by atomic mass is 35.5. The number of rotatable bonds is 7. The molecule has 2 fully saturated rings. The summed E-state index contributed by atoms with van der Waals surface area (Å²) in [6, 6.07) is 0. The van der Waals surface area contributed by atoms with Gasteiger partial charge in [0.15, 0.2) is 9.60 Å². The van der Waals surface area contributed by atoms with Crippen molar-refractivity contribution in [2.45, 2.75) is 63.1 Å². The number of ether oxygens (including phenoxy) is 1. The van der Waals surface area contributed by atoms with E-state index >= 15 is 0 Å². The Morgan fingerprint density at radius 1 is 1.23 bits per heavy atom. The van der Waals surface area contributed by atoms with Gasteiger partial charge in [0, 0.05) is 6.54 Å². The van der Waals surface area contributed by atoms with E-state index in [2.05, 4.69) is 15.3 Å². The number of aliphatic hydroxyl groups is 3. The van der Waals surface area contributed by atoms with Gasteiger partial charge in [-0.2, -0.15) is 0 Å². The minimum Gasteiger partial charge on any atom is -0.388 e. The highest BCUT2D eigenvalue weighted by Crippen LogP contribution is 2.35. The minimum absolute atomic E-state index is 0.185. The molecule has 11 heteroatoms. The van der Waals surface area contributed by atoms with Crippen LogP contribution in [0.25, 0.3) is 0 Å². The summed E-state index contributed by atoms with van der Waals surface area (Å²) < 4.78 is 6.24. The monoisotopic (exact) mass is 473 g/mol.